The molecule has 1 saturated heterocycles. The number of amides is 1. The highest BCUT2D eigenvalue weighted by atomic mass is 19.3. The molecule has 0 bridgehead atoms. The molecule has 0 unspecified atom stereocenters. The Bertz CT molecular complexity index is 770. The van der Waals surface area contributed by atoms with E-state index in [0.717, 1.165) is 30.7 Å². The second kappa shape index (κ2) is 7.48. The number of likely N-dealkylation sites (tertiary alicyclic amines) is 1. The molecule has 2 aromatic rings. The van der Waals surface area contributed by atoms with Crippen LogP contribution in [-0.2, 0) is 13.6 Å². The fourth-order valence-electron chi connectivity index (χ4n) is 3.25. The van der Waals surface area contributed by atoms with E-state index in [1.807, 2.05) is 30.6 Å². The minimum atomic E-state index is -2.75. The molecule has 1 aliphatic rings. The van der Waals surface area contributed by atoms with Gasteiger partial charge in [-0.1, -0.05) is 0 Å². The van der Waals surface area contributed by atoms with Gasteiger partial charge in [0.1, 0.15) is 11.6 Å². The number of alkyl halides is 2. The lowest BCUT2D eigenvalue weighted by molar-refractivity contribution is 0.0546. The summed E-state index contributed by atoms with van der Waals surface area (Å²) >= 11 is 0. The van der Waals surface area contributed by atoms with Crippen molar-refractivity contribution in [2.45, 2.75) is 31.9 Å². The summed E-state index contributed by atoms with van der Waals surface area (Å²) in [4.78, 5) is 16.3. The zero-order valence-corrected chi connectivity index (χ0v) is 15.1. The Labute approximate surface area is 150 Å². The van der Waals surface area contributed by atoms with Crippen LogP contribution < -0.4 is 0 Å². The van der Waals surface area contributed by atoms with Crippen LogP contribution in [0.3, 0.4) is 0 Å². The molecule has 0 radical (unpaired) electrons. The van der Waals surface area contributed by atoms with Crippen molar-refractivity contribution in [3.63, 3.8) is 0 Å². The average Bonchev–Trinajstić information content (AvgIpc) is 3.22. The standard InChI is InChI=1S/C16H23F2N7O/c1-22(2)10-13-19-20-14(23(13)3)11-5-4-7-24(9-11)15(26)12-6-8-25(21-12)16(17)18/h6,8,11,16H,4-5,7,9-10H2,1-3H3/t11-/m0/s1. The number of halogens is 2. The largest absolute Gasteiger partial charge is 0.337 e. The predicted molar refractivity (Wildman–Crippen MR) is 89.8 cm³/mol. The summed E-state index contributed by atoms with van der Waals surface area (Å²) in [5, 5.41) is 12.2. The Hall–Kier alpha value is -2.36. The van der Waals surface area contributed by atoms with E-state index in [1.54, 1.807) is 4.90 Å². The molecule has 0 saturated carbocycles. The van der Waals surface area contributed by atoms with Gasteiger partial charge >= 0.3 is 6.55 Å². The Balaban J connectivity index is 1.73. The van der Waals surface area contributed by atoms with E-state index in [9.17, 15) is 13.6 Å². The van der Waals surface area contributed by atoms with Crippen molar-refractivity contribution in [1.29, 1.82) is 0 Å². The molecule has 0 aromatic carbocycles. The van der Waals surface area contributed by atoms with Crippen LogP contribution in [0.1, 0.15) is 47.4 Å². The van der Waals surface area contributed by atoms with E-state index < -0.39 is 6.55 Å². The molecule has 26 heavy (non-hydrogen) atoms. The van der Waals surface area contributed by atoms with Crippen LogP contribution >= 0.6 is 0 Å². The van der Waals surface area contributed by atoms with Gasteiger partial charge in [-0.2, -0.15) is 13.9 Å². The number of nitrogens with zero attached hydrogens (tertiary/aromatic N) is 7. The van der Waals surface area contributed by atoms with E-state index in [-0.39, 0.29) is 17.5 Å². The number of hydrogen-bond donors (Lipinski definition) is 0. The Kier molecular flexibility index (Phi) is 5.30. The number of aromatic nitrogens is 5. The molecular weight excluding hydrogens is 344 g/mol. The van der Waals surface area contributed by atoms with Crippen molar-refractivity contribution >= 4 is 5.91 Å². The number of carbonyl (C=O) groups is 1. The maximum Gasteiger partial charge on any atom is 0.333 e. The third-order valence-electron chi connectivity index (χ3n) is 4.56. The Morgan fingerprint density at radius 2 is 2.15 bits per heavy atom. The van der Waals surface area contributed by atoms with Gasteiger partial charge in [0.15, 0.2) is 5.69 Å². The van der Waals surface area contributed by atoms with Crippen molar-refractivity contribution in [1.82, 2.24) is 34.3 Å². The maximum atomic E-state index is 12.7. The first-order chi connectivity index (χ1) is 12.4. The molecule has 0 spiro atoms. The molecule has 0 aliphatic carbocycles. The zero-order chi connectivity index (χ0) is 18.8. The molecule has 2 aromatic heterocycles. The van der Waals surface area contributed by atoms with Crippen molar-refractivity contribution in [3.8, 4) is 0 Å². The van der Waals surface area contributed by atoms with Gasteiger partial charge in [0, 0.05) is 32.3 Å². The van der Waals surface area contributed by atoms with Crippen LogP contribution in [0.25, 0.3) is 0 Å². The van der Waals surface area contributed by atoms with Crippen molar-refractivity contribution in [3.05, 3.63) is 29.6 Å². The summed E-state index contributed by atoms with van der Waals surface area (Å²) in [7, 11) is 5.86. The summed E-state index contributed by atoms with van der Waals surface area (Å²) in [5.41, 5.74) is 0.0391. The SMILES string of the molecule is CN(C)Cc1nnc([C@H]2CCCN(C(=O)c3ccn(C(F)F)n3)C2)n1C. The lowest BCUT2D eigenvalue weighted by Gasteiger charge is -2.31. The monoisotopic (exact) mass is 367 g/mol. The highest BCUT2D eigenvalue weighted by molar-refractivity contribution is 5.92. The van der Waals surface area contributed by atoms with Gasteiger partial charge in [0.05, 0.1) is 6.54 Å². The molecule has 142 valence electrons. The Morgan fingerprint density at radius 1 is 1.38 bits per heavy atom. The lowest BCUT2D eigenvalue weighted by atomic mass is 9.97. The number of hydrogen-bond acceptors (Lipinski definition) is 5. The smallest absolute Gasteiger partial charge is 0.333 e. The van der Waals surface area contributed by atoms with E-state index in [4.69, 9.17) is 0 Å². The lowest BCUT2D eigenvalue weighted by Crippen LogP contribution is -2.40. The first-order valence-electron chi connectivity index (χ1n) is 8.52. The summed E-state index contributed by atoms with van der Waals surface area (Å²) in [6.45, 7) is -1.00. The van der Waals surface area contributed by atoms with E-state index in [0.29, 0.717) is 24.3 Å². The summed E-state index contributed by atoms with van der Waals surface area (Å²) in [6, 6.07) is 1.33. The average molecular weight is 367 g/mol. The number of rotatable bonds is 5. The third kappa shape index (κ3) is 3.74. The van der Waals surface area contributed by atoms with Gasteiger partial charge in [-0.05, 0) is 33.0 Å². The maximum absolute atomic E-state index is 12.7. The quantitative estimate of drug-likeness (QED) is 0.801. The molecular formula is C16H23F2N7O. The minimum absolute atomic E-state index is 0.0391. The van der Waals surface area contributed by atoms with E-state index in [1.165, 1.54) is 6.07 Å². The van der Waals surface area contributed by atoms with Gasteiger partial charge in [-0.15, -0.1) is 10.2 Å². The summed E-state index contributed by atoms with van der Waals surface area (Å²) < 4.78 is 27.8. The van der Waals surface area contributed by atoms with Gasteiger partial charge in [-0.3, -0.25) is 4.79 Å². The first kappa shape index (κ1) is 18.4. The molecule has 3 rings (SSSR count). The highest BCUT2D eigenvalue weighted by Crippen LogP contribution is 2.27. The van der Waals surface area contributed by atoms with Gasteiger partial charge < -0.3 is 14.4 Å². The molecule has 0 N–H and O–H groups in total. The van der Waals surface area contributed by atoms with Crippen molar-refractivity contribution in [2.24, 2.45) is 7.05 Å². The minimum Gasteiger partial charge on any atom is -0.337 e. The fourth-order valence-corrected chi connectivity index (χ4v) is 3.25. The number of carbonyl (C=O) groups excluding carboxylic acids is 1. The Morgan fingerprint density at radius 3 is 2.81 bits per heavy atom. The van der Waals surface area contributed by atoms with Crippen LogP contribution in [0.4, 0.5) is 8.78 Å². The zero-order valence-electron chi connectivity index (χ0n) is 15.1. The molecule has 1 aliphatic heterocycles. The van der Waals surface area contributed by atoms with Crippen LogP contribution in [0.2, 0.25) is 0 Å². The third-order valence-corrected chi connectivity index (χ3v) is 4.56. The molecule has 3 heterocycles. The molecule has 10 heteroatoms. The normalized spacial score (nSPS) is 18.1. The second-order valence-corrected chi connectivity index (χ2v) is 6.82. The van der Waals surface area contributed by atoms with Crippen LogP contribution in [0, 0.1) is 0 Å². The van der Waals surface area contributed by atoms with E-state index in [2.05, 4.69) is 15.3 Å². The van der Waals surface area contributed by atoms with Crippen LogP contribution in [-0.4, -0.2) is 67.4 Å². The van der Waals surface area contributed by atoms with Crippen molar-refractivity contribution < 1.29 is 13.6 Å². The van der Waals surface area contributed by atoms with Crippen LogP contribution in [0.15, 0.2) is 12.3 Å². The highest BCUT2D eigenvalue weighted by Gasteiger charge is 2.30. The van der Waals surface area contributed by atoms with Gasteiger partial charge in [-0.25, -0.2) is 4.68 Å². The fraction of sp³-hybridized carbons (Fsp3) is 0.625. The molecule has 1 fully saturated rings. The topological polar surface area (TPSA) is 72.1 Å². The molecule has 1 atom stereocenters. The first-order valence-corrected chi connectivity index (χ1v) is 8.52. The molecule has 1 amide bonds. The van der Waals surface area contributed by atoms with Crippen molar-refractivity contribution in [2.75, 3.05) is 27.2 Å². The van der Waals surface area contributed by atoms with Crippen LogP contribution in [0.5, 0.6) is 0 Å². The summed E-state index contributed by atoms with van der Waals surface area (Å²) in [6.07, 6.45) is 2.85. The molecule has 8 nitrogen and oxygen atoms in total. The second-order valence-electron chi connectivity index (χ2n) is 6.82. The van der Waals surface area contributed by atoms with E-state index >= 15 is 0 Å². The van der Waals surface area contributed by atoms with Gasteiger partial charge in [0.25, 0.3) is 5.91 Å². The number of piperidine rings is 1. The predicted octanol–water partition coefficient (Wildman–Crippen LogP) is 1.49. The summed E-state index contributed by atoms with van der Waals surface area (Å²) in [5.74, 6) is 1.45. The van der Waals surface area contributed by atoms with Gasteiger partial charge in [0.2, 0.25) is 0 Å².